The monoisotopic (exact) mass is 295 g/mol. The van der Waals surface area contributed by atoms with E-state index in [4.69, 9.17) is 0 Å². The Morgan fingerprint density at radius 2 is 1.82 bits per heavy atom. The molecule has 1 aromatic carbocycles. The van der Waals surface area contributed by atoms with Gasteiger partial charge >= 0.3 is 0 Å². The molecule has 0 N–H and O–H groups in total. The first kappa shape index (κ1) is 15.4. The summed E-state index contributed by atoms with van der Waals surface area (Å²) in [5.74, 6) is 0. The highest BCUT2D eigenvalue weighted by atomic mass is 15.1. The fraction of sp³-hybridized carbons (Fsp3) is 0.524. The van der Waals surface area contributed by atoms with Crippen LogP contribution in [0.25, 0.3) is 6.08 Å². The standard InChI is InChI=1S/C21H29N/c1-2-3-9-15-22-16-14-19-12-7-8-13-20(19)21(22)17-18-10-5-4-6-11-18/h4-6,10-11,17H,2-3,7-9,12-16H2,1H3/b21-17-. The van der Waals surface area contributed by atoms with Crippen molar-refractivity contribution in [2.75, 3.05) is 13.1 Å². The van der Waals surface area contributed by atoms with Crippen molar-refractivity contribution in [3.05, 3.63) is 52.7 Å². The molecule has 22 heavy (non-hydrogen) atoms. The predicted molar refractivity (Wildman–Crippen MR) is 95.6 cm³/mol. The molecule has 1 heterocycles. The van der Waals surface area contributed by atoms with Gasteiger partial charge in [-0.05, 0) is 55.7 Å². The van der Waals surface area contributed by atoms with E-state index in [1.807, 2.05) is 0 Å². The maximum Gasteiger partial charge on any atom is 0.0404 e. The summed E-state index contributed by atoms with van der Waals surface area (Å²) in [5.41, 5.74) is 6.30. The molecule has 0 spiro atoms. The number of nitrogens with zero attached hydrogens (tertiary/aromatic N) is 1. The summed E-state index contributed by atoms with van der Waals surface area (Å²) in [7, 11) is 0. The molecule has 2 aliphatic rings. The summed E-state index contributed by atoms with van der Waals surface area (Å²) in [4.78, 5) is 2.66. The minimum absolute atomic E-state index is 1.22. The highest BCUT2D eigenvalue weighted by Gasteiger charge is 2.24. The quantitative estimate of drug-likeness (QED) is 0.621. The van der Waals surface area contributed by atoms with Crippen LogP contribution in [-0.4, -0.2) is 18.0 Å². The van der Waals surface area contributed by atoms with E-state index in [2.05, 4.69) is 48.2 Å². The molecule has 1 aliphatic heterocycles. The number of benzene rings is 1. The summed E-state index contributed by atoms with van der Waals surface area (Å²) in [6.07, 6.45) is 13.1. The molecular formula is C21H29N. The number of hydrogen-bond donors (Lipinski definition) is 0. The van der Waals surface area contributed by atoms with Gasteiger partial charge in [0.2, 0.25) is 0 Å². The van der Waals surface area contributed by atoms with E-state index in [1.54, 1.807) is 11.1 Å². The summed E-state index contributed by atoms with van der Waals surface area (Å²) in [6, 6.07) is 10.9. The normalized spacial score (nSPS) is 20.4. The first-order chi connectivity index (χ1) is 10.9. The number of allylic oxidation sites excluding steroid dienone is 1. The summed E-state index contributed by atoms with van der Waals surface area (Å²) < 4.78 is 0. The van der Waals surface area contributed by atoms with Crippen molar-refractivity contribution >= 4 is 6.08 Å². The first-order valence-electron chi connectivity index (χ1n) is 9.11. The Balaban J connectivity index is 1.87. The lowest BCUT2D eigenvalue weighted by molar-refractivity contribution is 0.324. The van der Waals surface area contributed by atoms with E-state index in [0.717, 1.165) is 0 Å². The minimum Gasteiger partial charge on any atom is -0.371 e. The second-order valence-corrected chi connectivity index (χ2v) is 6.67. The van der Waals surface area contributed by atoms with Crippen LogP contribution in [0.2, 0.25) is 0 Å². The Bertz CT molecular complexity index is 538. The van der Waals surface area contributed by atoms with Gasteiger partial charge in [-0.15, -0.1) is 0 Å². The van der Waals surface area contributed by atoms with Gasteiger partial charge in [0.25, 0.3) is 0 Å². The number of rotatable bonds is 5. The predicted octanol–water partition coefficient (Wildman–Crippen LogP) is 5.79. The molecular weight excluding hydrogens is 266 g/mol. The maximum atomic E-state index is 2.66. The molecule has 0 radical (unpaired) electrons. The van der Waals surface area contributed by atoms with E-state index in [-0.39, 0.29) is 0 Å². The molecule has 0 amide bonds. The average molecular weight is 295 g/mol. The van der Waals surface area contributed by atoms with Crippen molar-refractivity contribution in [2.24, 2.45) is 0 Å². The van der Waals surface area contributed by atoms with Crippen molar-refractivity contribution in [2.45, 2.75) is 58.3 Å². The van der Waals surface area contributed by atoms with E-state index in [9.17, 15) is 0 Å². The minimum atomic E-state index is 1.22. The molecule has 1 aliphatic carbocycles. The number of hydrogen-bond acceptors (Lipinski definition) is 1. The van der Waals surface area contributed by atoms with Crippen LogP contribution < -0.4 is 0 Å². The zero-order chi connectivity index (χ0) is 15.2. The molecule has 0 atom stereocenters. The van der Waals surface area contributed by atoms with Crippen LogP contribution >= 0.6 is 0 Å². The summed E-state index contributed by atoms with van der Waals surface area (Å²) in [6.45, 7) is 4.74. The largest absolute Gasteiger partial charge is 0.371 e. The second-order valence-electron chi connectivity index (χ2n) is 6.67. The number of unbranched alkanes of at least 4 members (excludes halogenated alkanes) is 2. The Kier molecular flexibility index (Phi) is 5.37. The molecule has 1 nitrogen and oxygen atoms in total. The fourth-order valence-electron chi connectivity index (χ4n) is 3.80. The molecule has 0 aromatic heterocycles. The smallest absolute Gasteiger partial charge is 0.0404 e. The Morgan fingerprint density at radius 1 is 1.00 bits per heavy atom. The van der Waals surface area contributed by atoms with Crippen molar-refractivity contribution in [3.8, 4) is 0 Å². The van der Waals surface area contributed by atoms with Gasteiger partial charge in [0.15, 0.2) is 0 Å². The SMILES string of the molecule is CCCCCN1CCC2=C(CCCC2)/C1=C/c1ccccc1. The Labute approximate surface area is 135 Å². The van der Waals surface area contributed by atoms with E-state index in [0.29, 0.717) is 0 Å². The van der Waals surface area contributed by atoms with Gasteiger partial charge in [-0.3, -0.25) is 0 Å². The van der Waals surface area contributed by atoms with Crippen LogP contribution in [0, 0.1) is 0 Å². The molecule has 0 unspecified atom stereocenters. The highest BCUT2D eigenvalue weighted by Crippen LogP contribution is 2.38. The third kappa shape index (κ3) is 3.63. The third-order valence-electron chi connectivity index (χ3n) is 5.05. The van der Waals surface area contributed by atoms with Gasteiger partial charge in [0, 0.05) is 18.8 Å². The summed E-state index contributed by atoms with van der Waals surface area (Å²) >= 11 is 0. The van der Waals surface area contributed by atoms with Crippen LogP contribution in [0.5, 0.6) is 0 Å². The summed E-state index contributed by atoms with van der Waals surface area (Å²) in [5, 5.41) is 0. The van der Waals surface area contributed by atoms with Gasteiger partial charge in [-0.2, -0.15) is 0 Å². The van der Waals surface area contributed by atoms with Crippen LogP contribution in [-0.2, 0) is 0 Å². The van der Waals surface area contributed by atoms with Crippen LogP contribution in [0.4, 0.5) is 0 Å². The van der Waals surface area contributed by atoms with Gasteiger partial charge in [-0.1, -0.05) is 55.7 Å². The molecule has 1 aromatic rings. The van der Waals surface area contributed by atoms with E-state index in [1.165, 1.54) is 75.7 Å². The van der Waals surface area contributed by atoms with E-state index >= 15 is 0 Å². The lowest BCUT2D eigenvalue weighted by atomic mass is 9.84. The zero-order valence-corrected chi connectivity index (χ0v) is 14.0. The van der Waals surface area contributed by atoms with Crippen LogP contribution in [0.1, 0.15) is 63.9 Å². The van der Waals surface area contributed by atoms with Gasteiger partial charge in [0.1, 0.15) is 0 Å². The Hall–Kier alpha value is -1.50. The van der Waals surface area contributed by atoms with Crippen molar-refractivity contribution in [3.63, 3.8) is 0 Å². The van der Waals surface area contributed by atoms with Crippen LogP contribution in [0.3, 0.4) is 0 Å². The Morgan fingerprint density at radius 3 is 2.64 bits per heavy atom. The van der Waals surface area contributed by atoms with Crippen molar-refractivity contribution in [1.29, 1.82) is 0 Å². The molecule has 0 bridgehead atoms. The lowest BCUT2D eigenvalue weighted by Gasteiger charge is -2.37. The van der Waals surface area contributed by atoms with Gasteiger partial charge < -0.3 is 4.90 Å². The third-order valence-corrected chi connectivity index (χ3v) is 5.05. The van der Waals surface area contributed by atoms with Gasteiger partial charge in [-0.25, -0.2) is 0 Å². The average Bonchev–Trinajstić information content (AvgIpc) is 2.58. The molecule has 1 heteroatoms. The topological polar surface area (TPSA) is 3.24 Å². The molecule has 118 valence electrons. The maximum absolute atomic E-state index is 2.66. The highest BCUT2D eigenvalue weighted by molar-refractivity contribution is 5.59. The van der Waals surface area contributed by atoms with Crippen LogP contribution in [0.15, 0.2) is 47.2 Å². The lowest BCUT2D eigenvalue weighted by Crippen LogP contribution is -2.31. The zero-order valence-electron chi connectivity index (χ0n) is 14.0. The van der Waals surface area contributed by atoms with Gasteiger partial charge in [0.05, 0.1) is 0 Å². The molecule has 3 rings (SSSR count). The fourth-order valence-corrected chi connectivity index (χ4v) is 3.80. The molecule has 0 saturated heterocycles. The molecule has 0 fully saturated rings. The van der Waals surface area contributed by atoms with E-state index < -0.39 is 0 Å². The molecule has 0 saturated carbocycles. The second kappa shape index (κ2) is 7.67. The first-order valence-corrected chi connectivity index (χ1v) is 9.11. The van der Waals surface area contributed by atoms with Crippen molar-refractivity contribution < 1.29 is 0 Å². The van der Waals surface area contributed by atoms with Crippen molar-refractivity contribution in [1.82, 2.24) is 4.90 Å².